The number of benzene rings is 2. The molecule has 7 heteroatoms. The predicted molar refractivity (Wildman–Crippen MR) is 143 cm³/mol. The number of fused-ring (bicyclic) bond motifs is 3. The van der Waals surface area contributed by atoms with Gasteiger partial charge in [-0.25, -0.2) is 13.6 Å². The summed E-state index contributed by atoms with van der Waals surface area (Å²) in [7, 11) is 0. The van der Waals surface area contributed by atoms with Crippen LogP contribution in [0, 0.1) is 5.41 Å². The van der Waals surface area contributed by atoms with Gasteiger partial charge in [-0.05, 0) is 52.2 Å². The van der Waals surface area contributed by atoms with Crippen molar-refractivity contribution >= 4 is 12.0 Å². The van der Waals surface area contributed by atoms with Gasteiger partial charge in [0.1, 0.15) is 6.61 Å². The van der Waals surface area contributed by atoms with Crippen LogP contribution >= 0.6 is 0 Å². The molecule has 1 aliphatic heterocycles. The minimum atomic E-state index is -2.84. The number of carbonyl (C=O) groups excluding carboxylic acids is 2. The highest BCUT2D eigenvalue weighted by Gasteiger charge is 2.42. The van der Waals surface area contributed by atoms with Crippen LogP contribution in [0.4, 0.5) is 13.6 Å². The zero-order valence-electron chi connectivity index (χ0n) is 22.2. The van der Waals surface area contributed by atoms with Gasteiger partial charge in [0.05, 0.1) is 0 Å². The quantitative estimate of drug-likeness (QED) is 0.438. The lowest BCUT2D eigenvalue weighted by Crippen LogP contribution is -2.50. The van der Waals surface area contributed by atoms with Gasteiger partial charge >= 0.3 is 6.09 Å². The second kappa shape index (κ2) is 10.0. The van der Waals surface area contributed by atoms with Gasteiger partial charge in [0, 0.05) is 44.6 Å². The van der Waals surface area contributed by atoms with Crippen LogP contribution < -0.4 is 0 Å². The Hall–Kier alpha value is -3.48. The number of amides is 2. The minimum absolute atomic E-state index is 0.00599. The lowest BCUT2D eigenvalue weighted by Gasteiger charge is -2.37. The Morgan fingerprint density at radius 2 is 1.47 bits per heavy atom. The molecule has 5 rings (SSSR count). The molecule has 200 valence electrons. The van der Waals surface area contributed by atoms with Gasteiger partial charge in [-0.1, -0.05) is 68.5 Å². The van der Waals surface area contributed by atoms with E-state index in [1.54, 1.807) is 15.9 Å². The molecule has 2 aliphatic carbocycles. The van der Waals surface area contributed by atoms with E-state index >= 15 is 0 Å². The van der Waals surface area contributed by atoms with Crippen LogP contribution in [-0.2, 0) is 9.53 Å². The van der Waals surface area contributed by atoms with Gasteiger partial charge in [0.15, 0.2) is 0 Å². The van der Waals surface area contributed by atoms with E-state index in [0.29, 0.717) is 38.2 Å². The van der Waals surface area contributed by atoms with Crippen LogP contribution in [0.1, 0.15) is 50.7 Å². The lowest BCUT2D eigenvalue weighted by atomic mass is 9.71. The molecular formula is C31H34F2N2O3. The summed E-state index contributed by atoms with van der Waals surface area (Å²) >= 11 is 0. The molecule has 0 N–H and O–H groups in total. The lowest BCUT2D eigenvalue weighted by molar-refractivity contribution is -0.127. The molecule has 1 heterocycles. The highest BCUT2D eigenvalue weighted by atomic mass is 19.3. The molecule has 3 aliphatic rings. The van der Waals surface area contributed by atoms with E-state index in [1.807, 2.05) is 38.1 Å². The molecular weight excluding hydrogens is 486 g/mol. The molecule has 1 saturated heterocycles. The molecule has 0 bridgehead atoms. The van der Waals surface area contributed by atoms with E-state index in [-0.39, 0.29) is 36.5 Å². The van der Waals surface area contributed by atoms with Crippen molar-refractivity contribution in [3.63, 3.8) is 0 Å². The third-order valence-electron chi connectivity index (χ3n) is 8.32. The number of piperazine rings is 1. The summed E-state index contributed by atoms with van der Waals surface area (Å²) in [4.78, 5) is 29.0. The first-order valence-electron chi connectivity index (χ1n) is 13.2. The van der Waals surface area contributed by atoms with Crippen LogP contribution in [0.5, 0.6) is 0 Å². The number of hydrogen-bond acceptors (Lipinski definition) is 3. The molecule has 0 spiro atoms. The normalized spacial score (nSPS) is 20.4. The number of ether oxygens (including phenoxy) is 1. The van der Waals surface area contributed by atoms with Crippen molar-refractivity contribution in [2.24, 2.45) is 5.41 Å². The standard InChI is InChI=1S/C31H34F2N2O3/c1-21-27(30(2,3)14-15-31(21,32)33)12-13-28(36)34-16-18-35(19-17-34)29(37)38-20-26-24-10-6-4-8-22(24)23-9-5-7-11-25(23)26/h4-13,26H,14-20H2,1-3H3/b13-12+. The highest BCUT2D eigenvalue weighted by molar-refractivity contribution is 5.88. The second-order valence-corrected chi connectivity index (χ2v) is 11.1. The maximum atomic E-state index is 14.3. The van der Waals surface area contributed by atoms with Crippen molar-refractivity contribution in [1.29, 1.82) is 0 Å². The molecule has 2 aromatic rings. The molecule has 0 aromatic heterocycles. The minimum Gasteiger partial charge on any atom is -0.448 e. The smallest absolute Gasteiger partial charge is 0.409 e. The van der Waals surface area contributed by atoms with Gasteiger partial charge in [0.25, 0.3) is 5.92 Å². The molecule has 5 nitrogen and oxygen atoms in total. The molecule has 0 saturated carbocycles. The monoisotopic (exact) mass is 520 g/mol. The van der Waals surface area contributed by atoms with Crippen LogP contribution in [0.3, 0.4) is 0 Å². The van der Waals surface area contributed by atoms with Crippen molar-refractivity contribution in [2.75, 3.05) is 32.8 Å². The average molecular weight is 521 g/mol. The van der Waals surface area contributed by atoms with Crippen molar-refractivity contribution in [3.05, 3.63) is 83.0 Å². The van der Waals surface area contributed by atoms with Gasteiger partial charge in [-0.15, -0.1) is 0 Å². The third-order valence-corrected chi connectivity index (χ3v) is 8.32. The predicted octanol–water partition coefficient (Wildman–Crippen LogP) is 6.41. The Morgan fingerprint density at radius 3 is 2.08 bits per heavy atom. The fraction of sp³-hybridized carbons (Fsp3) is 0.419. The maximum Gasteiger partial charge on any atom is 0.409 e. The van der Waals surface area contributed by atoms with E-state index in [2.05, 4.69) is 24.3 Å². The van der Waals surface area contributed by atoms with E-state index in [1.165, 1.54) is 24.1 Å². The Labute approximate surface area is 222 Å². The van der Waals surface area contributed by atoms with Gasteiger partial charge < -0.3 is 14.5 Å². The van der Waals surface area contributed by atoms with E-state index < -0.39 is 11.3 Å². The van der Waals surface area contributed by atoms with Crippen molar-refractivity contribution in [2.45, 2.75) is 45.5 Å². The summed E-state index contributed by atoms with van der Waals surface area (Å²) in [6, 6.07) is 16.4. The van der Waals surface area contributed by atoms with Crippen LogP contribution in [0.25, 0.3) is 11.1 Å². The summed E-state index contributed by atoms with van der Waals surface area (Å²) < 4.78 is 34.3. The zero-order chi connectivity index (χ0) is 27.1. The van der Waals surface area contributed by atoms with Crippen molar-refractivity contribution < 1.29 is 23.1 Å². The van der Waals surface area contributed by atoms with Gasteiger partial charge in [-0.3, -0.25) is 4.79 Å². The first-order valence-corrected chi connectivity index (χ1v) is 13.2. The van der Waals surface area contributed by atoms with E-state index in [9.17, 15) is 18.4 Å². The fourth-order valence-corrected chi connectivity index (χ4v) is 5.90. The second-order valence-electron chi connectivity index (χ2n) is 11.1. The SMILES string of the molecule is CC1=C(/C=C/C(=O)N2CCN(C(=O)OCC3c4ccccc4-c4ccccc43)CC2)C(C)(C)CCC1(F)F. The van der Waals surface area contributed by atoms with E-state index in [4.69, 9.17) is 4.74 Å². The number of rotatable bonds is 4. The molecule has 38 heavy (non-hydrogen) atoms. The number of hydrogen-bond donors (Lipinski definition) is 0. The van der Waals surface area contributed by atoms with E-state index in [0.717, 1.165) is 11.1 Å². The molecule has 0 atom stereocenters. The Bertz CT molecular complexity index is 1260. The summed E-state index contributed by atoms with van der Waals surface area (Å²) in [5, 5.41) is 0. The largest absolute Gasteiger partial charge is 0.448 e. The molecule has 0 radical (unpaired) electrons. The topological polar surface area (TPSA) is 49.9 Å². The summed E-state index contributed by atoms with van der Waals surface area (Å²) in [6.45, 7) is 7.03. The Kier molecular flexibility index (Phi) is 6.88. The van der Waals surface area contributed by atoms with Crippen LogP contribution in [0.2, 0.25) is 0 Å². The number of alkyl halides is 2. The third kappa shape index (κ3) is 4.86. The van der Waals surface area contributed by atoms with Gasteiger partial charge in [-0.2, -0.15) is 0 Å². The molecule has 0 unspecified atom stereocenters. The molecule has 2 amide bonds. The van der Waals surface area contributed by atoms with Crippen LogP contribution in [-0.4, -0.2) is 60.5 Å². The molecule has 1 fully saturated rings. The molecule has 2 aromatic carbocycles. The number of nitrogens with zero attached hydrogens (tertiary/aromatic N) is 2. The Balaban J connectivity index is 1.17. The summed E-state index contributed by atoms with van der Waals surface area (Å²) in [5.41, 5.74) is 4.83. The fourth-order valence-electron chi connectivity index (χ4n) is 5.90. The zero-order valence-corrected chi connectivity index (χ0v) is 22.2. The van der Waals surface area contributed by atoms with Crippen molar-refractivity contribution in [1.82, 2.24) is 9.80 Å². The first-order chi connectivity index (χ1) is 18.1. The number of carbonyl (C=O) groups is 2. The highest BCUT2D eigenvalue weighted by Crippen LogP contribution is 2.47. The van der Waals surface area contributed by atoms with Crippen LogP contribution in [0.15, 0.2) is 71.8 Å². The number of allylic oxidation sites excluding steroid dienone is 3. The van der Waals surface area contributed by atoms with Gasteiger partial charge in [0.2, 0.25) is 5.91 Å². The first kappa shape index (κ1) is 26.1. The maximum absolute atomic E-state index is 14.3. The summed E-state index contributed by atoms with van der Waals surface area (Å²) in [5.74, 6) is -3.08. The average Bonchev–Trinajstić information content (AvgIpc) is 3.23. The van der Waals surface area contributed by atoms with Crippen molar-refractivity contribution in [3.8, 4) is 11.1 Å². The Morgan fingerprint density at radius 1 is 0.921 bits per heavy atom. The number of halogens is 2. The summed E-state index contributed by atoms with van der Waals surface area (Å²) in [6.07, 6.45) is 2.76.